The third-order valence-corrected chi connectivity index (χ3v) is 5.02. The second-order valence-electron chi connectivity index (χ2n) is 6.68. The molecule has 0 radical (unpaired) electrons. The van der Waals surface area contributed by atoms with Gasteiger partial charge < -0.3 is 19.0 Å². The van der Waals surface area contributed by atoms with Crippen LogP contribution in [0.5, 0.6) is 0 Å². The summed E-state index contributed by atoms with van der Waals surface area (Å²) in [6, 6.07) is 9.37. The molecule has 0 bridgehead atoms. The zero-order chi connectivity index (χ0) is 17.2. The number of furan rings is 1. The SMILES string of the molecule is O=C(c1cc2ccccc2o1)N1CCCC(C(=O)N2CCOCC2)C1. The summed E-state index contributed by atoms with van der Waals surface area (Å²) >= 11 is 0. The molecule has 1 atom stereocenters. The summed E-state index contributed by atoms with van der Waals surface area (Å²) in [6.45, 7) is 3.62. The number of nitrogens with zero attached hydrogens (tertiary/aromatic N) is 2. The van der Waals surface area contributed by atoms with Gasteiger partial charge in [-0.1, -0.05) is 18.2 Å². The number of benzene rings is 1. The molecular formula is C19H22N2O4. The first-order valence-corrected chi connectivity index (χ1v) is 8.87. The zero-order valence-corrected chi connectivity index (χ0v) is 14.1. The van der Waals surface area contributed by atoms with Gasteiger partial charge in [-0.25, -0.2) is 0 Å². The van der Waals surface area contributed by atoms with Crippen LogP contribution in [0, 0.1) is 5.92 Å². The van der Waals surface area contributed by atoms with E-state index >= 15 is 0 Å². The quantitative estimate of drug-likeness (QED) is 0.839. The fraction of sp³-hybridized carbons (Fsp3) is 0.474. The molecule has 2 saturated heterocycles. The maximum Gasteiger partial charge on any atom is 0.289 e. The average Bonchev–Trinajstić information content (AvgIpc) is 3.12. The van der Waals surface area contributed by atoms with Crippen LogP contribution in [-0.4, -0.2) is 61.0 Å². The standard InChI is InChI=1S/C19H22N2O4/c22-18(20-8-10-24-11-9-20)15-5-3-7-21(13-15)19(23)17-12-14-4-1-2-6-16(14)25-17/h1-2,4,6,12,15H,3,5,7-11,13H2. The fourth-order valence-electron chi connectivity index (χ4n) is 3.65. The van der Waals surface area contributed by atoms with Crippen molar-refractivity contribution in [3.05, 3.63) is 36.1 Å². The van der Waals surface area contributed by atoms with Crippen molar-refractivity contribution in [2.24, 2.45) is 5.92 Å². The molecule has 1 unspecified atom stereocenters. The summed E-state index contributed by atoms with van der Waals surface area (Å²) in [4.78, 5) is 29.1. The molecule has 6 nitrogen and oxygen atoms in total. The van der Waals surface area contributed by atoms with Crippen molar-refractivity contribution < 1.29 is 18.7 Å². The third-order valence-electron chi connectivity index (χ3n) is 5.02. The number of rotatable bonds is 2. The summed E-state index contributed by atoms with van der Waals surface area (Å²) in [5.41, 5.74) is 0.712. The molecule has 2 fully saturated rings. The van der Waals surface area contributed by atoms with Crippen LogP contribution < -0.4 is 0 Å². The van der Waals surface area contributed by atoms with Crippen LogP contribution in [0.25, 0.3) is 11.0 Å². The minimum atomic E-state index is -0.129. The summed E-state index contributed by atoms with van der Waals surface area (Å²) in [5, 5.41) is 0.920. The van der Waals surface area contributed by atoms with Gasteiger partial charge >= 0.3 is 0 Å². The normalized spacial score (nSPS) is 21.5. The van der Waals surface area contributed by atoms with Gasteiger partial charge in [0, 0.05) is 31.6 Å². The Labute approximate surface area is 146 Å². The van der Waals surface area contributed by atoms with Gasteiger partial charge in [0.1, 0.15) is 5.58 Å². The molecule has 25 heavy (non-hydrogen) atoms. The van der Waals surface area contributed by atoms with Crippen molar-refractivity contribution in [2.75, 3.05) is 39.4 Å². The molecule has 4 rings (SSSR count). The molecule has 3 heterocycles. The van der Waals surface area contributed by atoms with E-state index in [1.165, 1.54) is 0 Å². The molecular weight excluding hydrogens is 320 g/mol. The van der Waals surface area contributed by atoms with E-state index in [2.05, 4.69) is 0 Å². The third kappa shape index (κ3) is 3.26. The second kappa shape index (κ2) is 6.88. The lowest BCUT2D eigenvalue weighted by molar-refractivity contribution is -0.141. The topological polar surface area (TPSA) is 63.0 Å². The molecule has 2 aliphatic heterocycles. The number of carbonyl (C=O) groups is 2. The van der Waals surface area contributed by atoms with Crippen LogP contribution in [0.4, 0.5) is 0 Å². The first-order valence-electron chi connectivity index (χ1n) is 8.87. The highest BCUT2D eigenvalue weighted by Gasteiger charge is 2.33. The Hall–Kier alpha value is -2.34. The zero-order valence-electron chi connectivity index (χ0n) is 14.1. The van der Waals surface area contributed by atoms with Gasteiger partial charge in [0.25, 0.3) is 5.91 Å². The van der Waals surface area contributed by atoms with Crippen LogP contribution in [0.2, 0.25) is 0 Å². The van der Waals surface area contributed by atoms with Crippen molar-refractivity contribution >= 4 is 22.8 Å². The molecule has 6 heteroatoms. The van der Waals surface area contributed by atoms with Gasteiger partial charge in [-0.15, -0.1) is 0 Å². The summed E-state index contributed by atoms with van der Waals surface area (Å²) in [6.07, 6.45) is 1.67. The van der Waals surface area contributed by atoms with Crippen LogP contribution >= 0.6 is 0 Å². The number of hydrogen-bond acceptors (Lipinski definition) is 4. The Morgan fingerprint density at radius 2 is 1.84 bits per heavy atom. The molecule has 1 aromatic heterocycles. The maximum absolute atomic E-state index is 12.8. The first-order chi connectivity index (χ1) is 12.2. The van der Waals surface area contributed by atoms with Gasteiger partial charge in [-0.05, 0) is 25.0 Å². The lowest BCUT2D eigenvalue weighted by Crippen LogP contribution is -2.49. The second-order valence-corrected chi connectivity index (χ2v) is 6.68. The van der Waals surface area contributed by atoms with Gasteiger partial charge in [-0.3, -0.25) is 9.59 Å². The monoisotopic (exact) mass is 342 g/mol. The molecule has 0 saturated carbocycles. The minimum Gasteiger partial charge on any atom is -0.451 e. The smallest absolute Gasteiger partial charge is 0.289 e. The summed E-state index contributed by atoms with van der Waals surface area (Å²) < 4.78 is 11.0. The highest BCUT2D eigenvalue weighted by atomic mass is 16.5. The number of likely N-dealkylation sites (tertiary alicyclic amines) is 1. The van der Waals surface area contributed by atoms with Gasteiger partial charge in [0.15, 0.2) is 5.76 Å². The van der Waals surface area contributed by atoms with Gasteiger partial charge in [-0.2, -0.15) is 0 Å². The lowest BCUT2D eigenvalue weighted by atomic mass is 9.96. The number of amides is 2. The van der Waals surface area contributed by atoms with Crippen molar-refractivity contribution in [1.29, 1.82) is 0 Å². The van der Waals surface area contributed by atoms with E-state index in [0.717, 1.165) is 18.2 Å². The van der Waals surface area contributed by atoms with Crippen LogP contribution in [0.1, 0.15) is 23.4 Å². The Bertz CT molecular complexity index is 746. The Morgan fingerprint density at radius 1 is 1.04 bits per heavy atom. The first kappa shape index (κ1) is 16.1. The molecule has 1 aromatic carbocycles. The number of para-hydroxylation sites is 1. The van der Waals surface area contributed by atoms with E-state index < -0.39 is 0 Å². The van der Waals surface area contributed by atoms with Crippen molar-refractivity contribution in [3.63, 3.8) is 0 Å². The Balaban J connectivity index is 1.46. The Morgan fingerprint density at radius 3 is 2.64 bits per heavy atom. The molecule has 2 aliphatic rings. The van der Waals surface area contributed by atoms with Crippen molar-refractivity contribution in [3.8, 4) is 0 Å². The van der Waals surface area contributed by atoms with Crippen LogP contribution in [0.3, 0.4) is 0 Å². The van der Waals surface area contributed by atoms with E-state index in [9.17, 15) is 9.59 Å². The molecule has 0 N–H and O–H groups in total. The number of piperidine rings is 1. The highest BCUT2D eigenvalue weighted by Crippen LogP contribution is 2.24. The highest BCUT2D eigenvalue weighted by molar-refractivity contribution is 5.96. The summed E-state index contributed by atoms with van der Waals surface area (Å²) in [5.74, 6) is 0.238. The largest absolute Gasteiger partial charge is 0.451 e. The minimum absolute atomic E-state index is 0.125. The van der Waals surface area contributed by atoms with Gasteiger partial charge in [0.2, 0.25) is 5.91 Å². The van der Waals surface area contributed by atoms with Crippen molar-refractivity contribution in [1.82, 2.24) is 9.80 Å². The van der Waals surface area contributed by atoms with Crippen LogP contribution in [0.15, 0.2) is 34.7 Å². The lowest BCUT2D eigenvalue weighted by Gasteiger charge is -2.35. The fourth-order valence-corrected chi connectivity index (χ4v) is 3.65. The molecule has 2 amide bonds. The number of morpholine rings is 1. The molecule has 0 aliphatic carbocycles. The number of ether oxygens (including phenoxy) is 1. The predicted molar refractivity (Wildman–Crippen MR) is 92.2 cm³/mol. The maximum atomic E-state index is 12.8. The van der Waals surface area contributed by atoms with Crippen molar-refractivity contribution in [2.45, 2.75) is 12.8 Å². The molecule has 2 aromatic rings. The predicted octanol–water partition coefficient (Wildman–Crippen LogP) is 2.14. The van der Waals surface area contributed by atoms with E-state index in [1.807, 2.05) is 29.2 Å². The average molecular weight is 342 g/mol. The number of carbonyl (C=O) groups excluding carboxylic acids is 2. The summed E-state index contributed by atoms with van der Waals surface area (Å²) in [7, 11) is 0. The number of hydrogen-bond donors (Lipinski definition) is 0. The van der Waals surface area contributed by atoms with Gasteiger partial charge in [0.05, 0.1) is 19.1 Å². The molecule has 0 spiro atoms. The van der Waals surface area contributed by atoms with Crippen LogP contribution in [-0.2, 0) is 9.53 Å². The number of fused-ring (bicyclic) bond motifs is 1. The molecule has 132 valence electrons. The Kier molecular flexibility index (Phi) is 4.44. The van der Waals surface area contributed by atoms with E-state index in [-0.39, 0.29) is 17.7 Å². The van der Waals surface area contributed by atoms with E-state index in [4.69, 9.17) is 9.15 Å². The van der Waals surface area contributed by atoms with E-state index in [1.54, 1.807) is 11.0 Å². The van der Waals surface area contributed by atoms with E-state index in [0.29, 0.717) is 50.7 Å².